The number of nitrogens with two attached hydrogens (primary N) is 1. The van der Waals surface area contributed by atoms with Gasteiger partial charge in [-0.2, -0.15) is 0 Å². The molecule has 0 atom stereocenters. The molecule has 4 N–H and O–H groups in total. The molecular weight excluding hydrogens is 474 g/mol. The van der Waals surface area contributed by atoms with Gasteiger partial charge < -0.3 is 14.5 Å². The molecule has 174 valence electrons. The Hall–Kier alpha value is -3.52. The number of hydrogen-bond donors (Lipinski definition) is 3. The van der Waals surface area contributed by atoms with Crippen molar-refractivity contribution in [2.75, 3.05) is 11.9 Å². The van der Waals surface area contributed by atoms with Gasteiger partial charge in [-0.25, -0.2) is 31.5 Å². The Morgan fingerprint density at radius 3 is 2.12 bits per heavy atom. The second-order valence-corrected chi connectivity index (χ2v) is 9.95. The molecule has 1 amide bonds. The number of carbonyl (C=O) groups is 2. The van der Waals surface area contributed by atoms with Crippen molar-refractivity contribution in [3.8, 4) is 0 Å². The van der Waals surface area contributed by atoms with Crippen LogP contribution in [0.25, 0.3) is 0 Å². The maximum absolute atomic E-state index is 12.3. The van der Waals surface area contributed by atoms with Gasteiger partial charge in [-0.1, -0.05) is 0 Å². The number of rotatable bonds is 9. The van der Waals surface area contributed by atoms with Crippen molar-refractivity contribution in [3.63, 3.8) is 0 Å². The van der Waals surface area contributed by atoms with Crippen molar-refractivity contribution < 1.29 is 35.6 Å². The normalized spacial score (nSPS) is 11.7. The SMILES string of the molecule is NS(=O)(=O)c1ccc(NC(=O)COC(=O)c2ccc(S(=O)(=O)NCc3ccco3)cc2)cc1. The molecule has 33 heavy (non-hydrogen) atoms. The lowest BCUT2D eigenvalue weighted by Crippen LogP contribution is -2.23. The van der Waals surface area contributed by atoms with E-state index in [1.54, 1.807) is 12.1 Å². The Balaban J connectivity index is 1.52. The van der Waals surface area contributed by atoms with E-state index in [9.17, 15) is 26.4 Å². The van der Waals surface area contributed by atoms with E-state index in [1.165, 1.54) is 54.8 Å². The molecule has 0 bridgehead atoms. The van der Waals surface area contributed by atoms with Crippen LogP contribution in [0, 0.1) is 0 Å². The molecule has 0 saturated carbocycles. The van der Waals surface area contributed by atoms with Gasteiger partial charge >= 0.3 is 5.97 Å². The van der Waals surface area contributed by atoms with Crippen molar-refractivity contribution in [3.05, 3.63) is 78.3 Å². The average Bonchev–Trinajstić information content (AvgIpc) is 3.30. The predicted molar refractivity (Wildman–Crippen MR) is 116 cm³/mol. The molecule has 0 fully saturated rings. The molecule has 0 aliphatic carbocycles. The molecule has 1 aromatic heterocycles. The zero-order valence-corrected chi connectivity index (χ0v) is 18.6. The van der Waals surface area contributed by atoms with E-state index < -0.39 is 38.5 Å². The van der Waals surface area contributed by atoms with E-state index in [-0.39, 0.29) is 27.6 Å². The second-order valence-electron chi connectivity index (χ2n) is 6.62. The van der Waals surface area contributed by atoms with Gasteiger partial charge in [-0.15, -0.1) is 0 Å². The number of benzene rings is 2. The molecule has 0 radical (unpaired) electrons. The molecule has 0 spiro atoms. The highest BCUT2D eigenvalue weighted by Crippen LogP contribution is 2.14. The van der Waals surface area contributed by atoms with Gasteiger partial charge in [0.05, 0.1) is 28.2 Å². The van der Waals surface area contributed by atoms with E-state index in [1.807, 2.05) is 0 Å². The monoisotopic (exact) mass is 493 g/mol. The van der Waals surface area contributed by atoms with Gasteiger partial charge in [0.2, 0.25) is 20.0 Å². The van der Waals surface area contributed by atoms with Crippen molar-refractivity contribution in [2.24, 2.45) is 5.14 Å². The van der Waals surface area contributed by atoms with Crippen LogP contribution in [0.15, 0.2) is 81.1 Å². The number of ether oxygens (including phenoxy) is 1. The van der Waals surface area contributed by atoms with Gasteiger partial charge in [-0.3, -0.25) is 4.79 Å². The minimum Gasteiger partial charge on any atom is -0.468 e. The Morgan fingerprint density at radius 1 is 0.909 bits per heavy atom. The van der Waals surface area contributed by atoms with E-state index in [4.69, 9.17) is 14.3 Å². The minimum absolute atomic E-state index is 0.0288. The Bertz CT molecular complexity index is 1330. The van der Waals surface area contributed by atoms with E-state index in [0.717, 1.165) is 0 Å². The largest absolute Gasteiger partial charge is 0.468 e. The number of carbonyl (C=O) groups excluding carboxylic acids is 2. The fraction of sp³-hybridized carbons (Fsp3) is 0.100. The third-order valence-electron chi connectivity index (χ3n) is 4.22. The topological polar surface area (TPSA) is 175 Å². The highest BCUT2D eigenvalue weighted by Gasteiger charge is 2.17. The smallest absolute Gasteiger partial charge is 0.338 e. The van der Waals surface area contributed by atoms with Crippen LogP contribution in [0.4, 0.5) is 5.69 Å². The zero-order valence-electron chi connectivity index (χ0n) is 16.9. The van der Waals surface area contributed by atoms with Gasteiger partial charge in [-0.05, 0) is 60.7 Å². The van der Waals surface area contributed by atoms with Crippen molar-refractivity contribution in [2.45, 2.75) is 16.3 Å². The summed E-state index contributed by atoms with van der Waals surface area (Å²) in [5.74, 6) is -1.05. The van der Waals surface area contributed by atoms with Crippen molar-refractivity contribution >= 4 is 37.6 Å². The predicted octanol–water partition coefficient (Wildman–Crippen LogP) is 1.20. The Kier molecular flexibility index (Phi) is 7.28. The Morgan fingerprint density at radius 2 is 1.55 bits per heavy atom. The molecule has 1 heterocycles. The summed E-state index contributed by atoms with van der Waals surface area (Å²) in [7, 11) is -7.68. The molecule has 2 aromatic carbocycles. The quantitative estimate of drug-likeness (QED) is 0.373. The average molecular weight is 494 g/mol. The fourth-order valence-corrected chi connectivity index (χ4v) is 4.08. The van der Waals surface area contributed by atoms with Gasteiger partial charge in [0.1, 0.15) is 5.76 Å². The Labute approximate surface area is 189 Å². The van der Waals surface area contributed by atoms with Gasteiger partial charge in [0, 0.05) is 5.69 Å². The number of esters is 1. The zero-order chi connectivity index (χ0) is 24.1. The van der Waals surface area contributed by atoms with Crippen LogP contribution < -0.4 is 15.2 Å². The first kappa shape index (κ1) is 24.1. The standard InChI is InChI=1S/C20H19N3O8S2/c21-32(26,27)17-9-5-15(6-10-17)23-19(24)13-31-20(25)14-3-7-18(8-4-14)33(28,29)22-12-16-2-1-11-30-16/h1-11,22H,12-13H2,(H,23,24)(H2,21,26,27). The van der Waals surface area contributed by atoms with Crippen molar-refractivity contribution in [1.82, 2.24) is 4.72 Å². The summed E-state index contributed by atoms with van der Waals surface area (Å²) >= 11 is 0. The molecule has 0 aliphatic rings. The van der Waals surface area contributed by atoms with Crippen LogP contribution in [0.3, 0.4) is 0 Å². The van der Waals surface area contributed by atoms with Crippen LogP contribution in [-0.2, 0) is 36.1 Å². The number of amides is 1. The number of primary sulfonamides is 1. The molecule has 11 nitrogen and oxygen atoms in total. The first-order chi connectivity index (χ1) is 15.5. The molecule has 13 heteroatoms. The van der Waals surface area contributed by atoms with Crippen LogP contribution in [0.2, 0.25) is 0 Å². The third-order valence-corrected chi connectivity index (χ3v) is 6.56. The minimum atomic E-state index is -3.85. The number of sulfonamides is 2. The summed E-state index contributed by atoms with van der Waals surface area (Å²) in [5, 5.41) is 7.43. The summed E-state index contributed by atoms with van der Waals surface area (Å²) in [5.41, 5.74) is 0.324. The lowest BCUT2D eigenvalue weighted by Gasteiger charge is -2.08. The molecule has 0 saturated heterocycles. The van der Waals surface area contributed by atoms with Crippen LogP contribution in [0.5, 0.6) is 0 Å². The highest BCUT2D eigenvalue weighted by atomic mass is 32.2. The first-order valence-electron chi connectivity index (χ1n) is 9.26. The molecule has 0 aliphatic heterocycles. The summed E-state index contributed by atoms with van der Waals surface area (Å²) in [4.78, 5) is 23.9. The van der Waals surface area contributed by atoms with E-state index >= 15 is 0 Å². The molecule has 0 unspecified atom stereocenters. The van der Waals surface area contributed by atoms with Gasteiger partial charge in [0.25, 0.3) is 5.91 Å². The number of furan rings is 1. The van der Waals surface area contributed by atoms with Crippen LogP contribution in [0.1, 0.15) is 16.1 Å². The maximum atomic E-state index is 12.3. The third kappa shape index (κ3) is 6.73. The van der Waals surface area contributed by atoms with E-state index in [0.29, 0.717) is 5.76 Å². The summed E-state index contributed by atoms with van der Waals surface area (Å²) < 4.78 is 59.4. The number of anilines is 1. The lowest BCUT2D eigenvalue weighted by molar-refractivity contribution is -0.119. The molecule has 3 rings (SSSR count). The first-order valence-corrected chi connectivity index (χ1v) is 12.3. The molecular formula is C20H19N3O8S2. The van der Waals surface area contributed by atoms with Crippen molar-refractivity contribution in [1.29, 1.82) is 0 Å². The summed E-state index contributed by atoms with van der Waals surface area (Å²) in [6.07, 6.45) is 1.42. The summed E-state index contributed by atoms with van der Waals surface area (Å²) in [6, 6.07) is 13.3. The lowest BCUT2D eigenvalue weighted by atomic mass is 10.2. The fourth-order valence-electron chi connectivity index (χ4n) is 2.57. The van der Waals surface area contributed by atoms with Crippen LogP contribution >= 0.6 is 0 Å². The van der Waals surface area contributed by atoms with E-state index in [2.05, 4.69) is 10.0 Å². The highest BCUT2D eigenvalue weighted by molar-refractivity contribution is 7.89. The second kappa shape index (κ2) is 9.95. The maximum Gasteiger partial charge on any atom is 0.338 e. The van der Waals surface area contributed by atoms with Crippen LogP contribution in [-0.4, -0.2) is 35.3 Å². The molecule has 3 aromatic rings. The number of nitrogens with one attached hydrogen (secondary N) is 2. The number of hydrogen-bond acceptors (Lipinski definition) is 8. The van der Waals surface area contributed by atoms with Gasteiger partial charge in [0.15, 0.2) is 6.61 Å². The summed E-state index contributed by atoms with van der Waals surface area (Å²) in [6.45, 7) is -0.639.